The van der Waals surface area contributed by atoms with Gasteiger partial charge in [0.05, 0.1) is 23.4 Å². The Morgan fingerprint density at radius 3 is 2.12 bits per heavy atom. The zero-order valence-electron chi connectivity index (χ0n) is 23.2. The van der Waals surface area contributed by atoms with E-state index in [1.54, 1.807) is 0 Å². The van der Waals surface area contributed by atoms with Crippen LogP contribution in [-0.4, -0.2) is 52.0 Å². The number of imide groups is 1. The van der Waals surface area contributed by atoms with Gasteiger partial charge in [0, 0.05) is 13.0 Å². The number of alkyl halides is 1. The van der Waals surface area contributed by atoms with Gasteiger partial charge in [0.15, 0.2) is 11.8 Å². The van der Waals surface area contributed by atoms with E-state index in [0.717, 1.165) is 28.7 Å². The number of allylic oxidation sites excluding steroid dienone is 2. The van der Waals surface area contributed by atoms with Crippen LogP contribution in [0, 0.1) is 16.7 Å². The first-order chi connectivity index (χ1) is 19.1. The summed E-state index contributed by atoms with van der Waals surface area (Å²) in [5, 5.41) is 0. The van der Waals surface area contributed by atoms with Crippen molar-refractivity contribution in [3.8, 4) is 0 Å². The van der Waals surface area contributed by atoms with Gasteiger partial charge in [-0.3, -0.25) is 19.3 Å². The van der Waals surface area contributed by atoms with Crippen LogP contribution in [0.5, 0.6) is 0 Å². The molecule has 40 heavy (non-hydrogen) atoms. The Morgan fingerprint density at radius 1 is 0.975 bits per heavy atom. The molecule has 5 atom stereocenters. The quantitative estimate of drug-likeness (QED) is 0.190. The van der Waals surface area contributed by atoms with Crippen LogP contribution in [0.2, 0.25) is 0 Å². The molecule has 7 nitrogen and oxygen atoms in total. The molecule has 0 radical (unpaired) electrons. The van der Waals surface area contributed by atoms with Gasteiger partial charge in [0.25, 0.3) is 0 Å². The SMILES string of the molecule is CCCOC(=O)[C@@H]([NH3+])CCCCN1C(=O)C2C3(C)C(=O)C(C)(C(c4ccccc4)=C3c3ccccc3)C2(Br)C1=O. The third-order valence-corrected chi connectivity index (χ3v) is 10.6. The molecule has 2 fully saturated rings. The summed E-state index contributed by atoms with van der Waals surface area (Å²) in [6.45, 7) is 6.19. The standard InChI is InChI=1S/C32H35BrN2O5/c1-4-19-40-27(37)22(34)17-11-12-18-35-26(36)25-30(2)23(20-13-7-5-8-14-20)24(21-15-9-6-10-16-21)31(3,28(30)38)32(25,33)29(35)39/h5-10,13-16,22,25H,4,11-12,17-19,34H2,1-3H3/p+1/t22-,25?,30?,31?,32?/m0/s1. The number of carbonyl (C=O) groups excluding carboxylic acids is 4. The third-order valence-electron chi connectivity index (χ3n) is 9.06. The molecule has 2 amide bonds. The summed E-state index contributed by atoms with van der Waals surface area (Å²) in [5.74, 6) is -1.98. The van der Waals surface area contributed by atoms with Gasteiger partial charge in [-0.2, -0.15) is 0 Å². The Kier molecular flexibility index (Phi) is 7.38. The zero-order chi connectivity index (χ0) is 28.9. The number of unbranched alkanes of at least 4 members (excludes halogenated alkanes) is 1. The van der Waals surface area contributed by atoms with Crippen LogP contribution in [-0.2, 0) is 23.9 Å². The topological polar surface area (TPSA) is 108 Å². The Labute approximate surface area is 243 Å². The first-order valence-corrected chi connectivity index (χ1v) is 14.8. The predicted molar refractivity (Wildman–Crippen MR) is 155 cm³/mol. The lowest BCUT2D eigenvalue weighted by molar-refractivity contribution is -0.409. The number of quaternary nitrogens is 1. The molecule has 4 unspecified atom stereocenters. The van der Waals surface area contributed by atoms with E-state index < -0.39 is 27.1 Å². The molecule has 3 aliphatic rings. The largest absolute Gasteiger partial charge is 0.461 e. The van der Waals surface area contributed by atoms with Crippen molar-refractivity contribution >= 4 is 50.6 Å². The smallest absolute Gasteiger partial charge is 0.364 e. The van der Waals surface area contributed by atoms with Crippen LogP contribution in [0.25, 0.3) is 11.1 Å². The number of nitrogens with zero attached hydrogens (tertiary/aromatic N) is 1. The van der Waals surface area contributed by atoms with E-state index in [2.05, 4.69) is 21.7 Å². The lowest BCUT2D eigenvalue weighted by Crippen LogP contribution is -2.65. The number of amides is 2. The average Bonchev–Trinajstić information content (AvgIpc) is 3.34. The van der Waals surface area contributed by atoms with Crippen LogP contribution in [0.3, 0.4) is 0 Å². The minimum atomic E-state index is -1.38. The van der Waals surface area contributed by atoms with E-state index in [-0.39, 0.29) is 30.1 Å². The van der Waals surface area contributed by atoms with E-state index >= 15 is 0 Å². The zero-order valence-corrected chi connectivity index (χ0v) is 24.8. The highest BCUT2D eigenvalue weighted by atomic mass is 79.9. The molecule has 2 bridgehead atoms. The van der Waals surface area contributed by atoms with Crippen molar-refractivity contribution < 1.29 is 29.6 Å². The Balaban J connectivity index is 1.48. The van der Waals surface area contributed by atoms with Crippen LogP contribution < -0.4 is 5.73 Å². The maximum absolute atomic E-state index is 14.4. The monoisotopic (exact) mass is 607 g/mol. The van der Waals surface area contributed by atoms with E-state index in [1.807, 2.05) is 81.4 Å². The van der Waals surface area contributed by atoms with E-state index in [0.29, 0.717) is 25.9 Å². The fourth-order valence-corrected chi connectivity index (χ4v) is 8.42. The van der Waals surface area contributed by atoms with Gasteiger partial charge in [0.2, 0.25) is 11.8 Å². The van der Waals surface area contributed by atoms with E-state index in [9.17, 15) is 19.2 Å². The molecular weight excluding hydrogens is 572 g/mol. The summed E-state index contributed by atoms with van der Waals surface area (Å²) >= 11 is 3.78. The number of hydrogen-bond donors (Lipinski definition) is 1. The van der Waals surface area contributed by atoms with Gasteiger partial charge < -0.3 is 10.5 Å². The number of carbonyl (C=O) groups is 4. The number of ketones is 1. The molecule has 3 N–H and O–H groups in total. The molecule has 210 valence electrons. The molecule has 0 aromatic heterocycles. The molecular formula is C32H36BrN2O5+. The minimum absolute atomic E-state index is 0.105. The Hall–Kier alpha value is -3.10. The summed E-state index contributed by atoms with van der Waals surface area (Å²) in [5.41, 5.74) is 4.84. The van der Waals surface area contributed by atoms with Gasteiger partial charge in [-0.25, -0.2) is 4.79 Å². The number of fused-ring (bicyclic) bond motifs is 5. The highest BCUT2D eigenvalue weighted by Crippen LogP contribution is 2.77. The molecule has 0 spiro atoms. The Bertz CT molecular complexity index is 1390. The fourth-order valence-electron chi connectivity index (χ4n) is 7.17. The molecule has 2 aromatic carbocycles. The van der Waals surface area contributed by atoms with Gasteiger partial charge in [-0.05, 0) is 55.4 Å². The molecule has 1 saturated carbocycles. The van der Waals surface area contributed by atoms with Crippen LogP contribution in [0.1, 0.15) is 57.6 Å². The number of Topliss-reactive ketones (excluding diaryl/α,β-unsaturated/α-hetero) is 1. The number of halogens is 1. The van der Waals surface area contributed by atoms with Crippen molar-refractivity contribution in [2.75, 3.05) is 13.2 Å². The second-order valence-electron chi connectivity index (χ2n) is 11.4. The number of likely N-dealkylation sites (tertiary alicyclic amines) is 1. The predicted octanol–water partition coefficient (Wildman–Crippen LogP) is 4.06. The lowest BCUT2D eigenvalue weighted by Gasteiger charge is -2.41. The summed E-state index contributed by atoms with van der Waals surface area (Å²) < 4.78 is 3.79. The molecule has 2 aromatic rings. The number of esters is 1. The van der Waals surface area contributed by atoms with Crippen molar-refractivity contribution in [2.24, 2.45) is 16.7 Å². The second-order valence-corrected chi connectivity index (χ2v) is 12.7. The highest BCUT2D eigenvalue weighted by molar-refractivity contribution is 9.10. The van der Waals surface area contributed by atoms with Crippen LogP contribution in [0.15, 0.2) is 60.7 Å². The van der Waals surface area contributed by atoms with Crippen molar-refractivity contribution in [1.82, 2.24) is 4.90 Å². The summed E-state index contributed by atoms with van der Waals surface area (Å²) in [7, 11) is 0. The number of benzene rings is 2. The van der Waals surface area contributed by atoms with Crippen LogP contribution >= 0.6 is 15.9 Å². The fraction of sp³-hybridized carbons (Fsp3) is 0.438. The highest BCUT2D eigenvalue weighted by Gasteiger charge is 2.85. The van der Waals surface area contributed by atoms with Gasteiger partial charge >= 0.3 is 5.97 Å². The number of ether oxygens (including phenoxy) is 1. The second kappa shape index (κ2) is 10.4. The summed E-state index contributed by atoms with van der Waals surface area (Å²) in [6, 6.07) is 18.9. The Morgan fingerprint density at radius 2 is 1.55 bits per heavy atom. The average molecular weight is 609 g/mol. The van der Waals surface area contributed by atoms with Gasteiger partial charge in [-0.15, -0.1) is 0 Å². The number of hydrogen-bond acceptors (Lipinski definition) is 5. The first-order valence-electron chi connectivity index (χ1n) is 14.0. The van der Waals surface area contributed by atoms with Crippen molar-refractivity contribution in [2.45, 2.75) is 56.8 Å². The van der Waals surface area contributed by atoms with Gasteiger partial charge in [-0.1, -0.05) is 83.5 Å². The molecule has 5 rings (SSSR count). The van der Waals surface area contributed by atoms with Gasteiger partial charge in [0.1, 0.15) is 4.32 Å². The normalized spacial score (nSPS) is 29.8. The molecule has 1 aliphatic heterocycles. The van der Waals surface area contributed by atoms with E-state index in [1.165, 1.54) is 4.90 Å². The molecule has 1 heterocycles. The summed E-state index contributed by atoms with van der Waals surface area (Å²) in [4.78, 5) is 56.1. The summed E-state index contributed by atoms with van der Waals surface area (Å²) in [6.07, 6.45) is 2.41. The van der Waals surface area contributed by atoms with Crippen molar-refractivity contribution in [1.29, 1.82) is 0 Å². The molecule has 1 saturated heterocycles. The number of rotatable bonds is 10. The third kappa shape index (κ3) is 3.79. The minimum Gasteiger partial charge on any atom is -0.461 e. The maximum Gasteiger partial charge on any atom is 0.364 e. The van der Waals surface area contributed by atoms with Crippen LogP contribution in [0.4, 0.5) is 0 Å². The van der Waals surface area contributed by atoms with E-state index in [4.69, 9.17) is 4.74 Å². The lowest BCUT2D eigenvalue weighted by atomic mass is 9.63. The molecule has 8 heteroatoms. The maximum atomic E-state index is 14.4. The van der Waals surface area contributed by atoms with Crippen molar-refractivity contribution in [3.63, 3.8) is 0 Å². The first kappa shape index (κ1) is 28.4. The van der Waals surface area contributed by atoms with Crippen molar-refractivity contribution in [3.05, 3.63) is 71.8 Å². The molecule has 2 aliphatic carbocycles.